The van der Waals surface area contributed by atoms with E-state index in [0.29, 0.717) is 18.1 Å². The van der Waals surface area contributed by atoms with Crippen LogP contribution in [0.25, 0.3) is 0 Å². The number of piperidine rings is 1. The molecule has 1 aliphatic heterocycles. The minimum Gasteiger partial charge on any atom is -0.478 e. The lowest BCUT2D eigenvalue weighted by atomic mass is 9.90. The monoisotopic (exact) mass is 384 g/mol. The van der Waals surface area contributed by atoms with Crippen molar-refractivity contribution in [2.45, 2.75) is 18.8 Å². The maximum Gasteiger partial charge on any atom is 0.328 e. The van der Waals surface area contributed by atoms with E-state index in [9.17, 15) is 9.59 Å². The Bertz CT molecular complexity index is 787. The highest BCUT2D eigenvalue weighted by atomic mass is 16.4. The van der Waals surface area contributed by atoms with Gasteiger partial charge in [0.25, 0.3) is 0 Å². The molecule has 0 bridgehead atoms. The molecule has 0 spiro atoms. The summed E-state index contributed by atoms with van der Waals surface area (Å²) in [7, 11) is 1.88. The van der Waals surface area contributed by atoms with Crippen LogP contribution in [0.1, 0.15) is 24.3 Å². The van der Waals surface area contributed by atoms with Gasteiger partial charge in [-0.25, -0.2) is 14.6 Å². The van der Waals surface area contributed by atoms with E-state index in [1.165, 1.54) is 5.56 Å². The number of anilines is 2. The minimum absolute atomic E-state index is 0.558. The average molecular weight is 384 g/mol. The summed E-state index contributed by atoms with van der Waals surface area (Å²) in [6.45, 7) is 2.04. The molecule has 0 amide bonds. The Morgan fingerprint density at radius 1 is 1.07 bits per heavy atom. The number of rotatable bonds is 5. The number of carboxylic acid groups (broad SMARTS) is 2. The number of aromatic nitrogens is 2. The molecule has 28 heavy (non-hydrogen) atoms. The SMILES string of the molecule is CNc1ccnc(N2CCC(c3ccccc3)CC2)n1.O=C(O)C=CC(=O)O. The van der Waals surface area contributed by atoms with Crippen LogP contribution >= 0.6 is 0 Å². The third-order valence-electron chi connectivity index (χ3n) is 4.32. The van der Waals surface area contributed by atoms with Gasteiger partial charge in [-0.15, -0.1) is 0 Å². The van der Waals surface area contributed by atoms with Crippen LogP contribution in [0.15, 0.2) is 54.7 Å². The molecule has 8 nitrogen and oxygen atoms in total. The Kier molecular flexibility index (Phi) is 7.95. The first kappa shape index (κ1) is 20.9. The second-order valence-electron chi connectivity index (χ2n) is 6.17. The van der Waals surface area contributed by atoms with Gasteiger partial charge in [0.1, 0.15) is 5.82 Å². The molecule has 1 fully saturated rings. The fraction of sp³-hybridized carbons (Fsp3) is 0.300. The highest BCUT2D eigenvalue weighted by molar-refractivity contribution is 5.89. The van der Waals surface area contributed by atoms with Crippen LogP contribution in [0.4, 0.5) is 11.8 Å². The van der Waals surface area contributed by atoms with Crippen molar-refractivity contribution in [2.24, 2.45) is 0 Å². The molecule has 0 aliphatic carbocycles. The van der Waals surface area contributed by atoms with E-state index in [1.807, 2.05) is 19.3 Å². The van der Waals surface area contributed by atoms with Gasteiger partial charge in [-0.3, -0.25) is 0 Å². The summed E-state index contributed by atoms with van der Waals surface area (Å²) in [5, 5.41) is 18.7. The summed E-state index contributed by atoms with van der Waals surface area (Å²) in [6.07, 6.45) is 5.26. The first-order valence-corrected chi connectivity index (χ1v) is 8.94. The van der Waals surface area contributed by atoms with Gasteiger partial charge in [0.2, 0.25) is 5.95 Å². The van der Waals surface area contributed by atoms with Crippen LogP contribution in [-0.4, -0.2) is 52.3 Å². The second kappa shape index (κ2) is 10.7. The number of hydrogen-bond donors (Lipinski definition) is 3. The molecule has 1 saturated heterocycles. The average Bonchev–Trinajstić information content (AvgIpc) is 2.73. The van der Waals surface area contributed by atoms with Crippen molar-refractivity contribution in [2.75, 3.05) is 30.4 Å². The fourth-order valence-corrected chi connectivity index (χ4v) is 2.92. The summed E-state index contributed by atoms with van der Waals surface area (Å²) < 4.78 is 0. The van der Waals surface area contributed by atoms with Crippen molar-refractivity contribution in [3.05, 3.63) is 60.3 Å². The topological polar surface area (TPSA) is 116 Å². The van der Waals surface area contributed by atoms with E-state index in [1.54, 1.807) is 0 Å². The Morgan fingerprint density at radius 3 is 2.21 bits per heavy atom. The van der Waals surface area contributed by atoms with Gasteiger partial charge < -0.3 is 20.4 Å². The Hall–Kier alpha value is -3.42. The lowest BCUT2D eigenvalue weighted by molar-refractivity contribution is -0.134. The zero-order valence-corrected chi connectivity index (χ0v) is 15.7. The molecule has 8 heteroatoms. The fourth-order valence-electron chi connectivity index (χ4n) is 2.92. The van der Waals surface area contributed by atoms with Gasteiger partial charge in [-0.1, -0.05) is 30.3 Å². The van der Waals surface area contributed by atoms with Gasteiger partial charge >= 0.3 is 11.9 Å². The molecular formula is C20H24N4O4. The maximum absolute atomic E-state index is 9.55. The molecule has 0 radical (unpaired) electrons. The molecule has 3 N–H and O–H groups in total. The molecule has 2 heterocycles. The normalized spacial score (nSPS) is 14.2. The van der Waals surface area contributed by atoms with Crippen molar-refractivity contribution in [3.8, 4) is 0 Å². The highest BCUT2D eigenvalue weighted by Gasteiger charge is 2.22. The van der Waals surface area contributed by atoms with Gasteiger partial charge in [0.05, 0.1) is 0 Å². The predicted octanol–water partition coefficient (Wildman–Crippen LogP) is 2.61. The number of nitrogens with one attached hydrogen (secondary N) is 1. The van der Waals surface area contributed by atoms with E-state index in [-0.39, 0.29) is 0 Å². The molecule has 1 aromatic carbocycles. The number of hydrogen-bond acceptors (Lipinski definition) is 6. The summed E-state index contributed by atoms with van der Waals surface area (Å²) in [4.78, 5) is 30.3. The molecule has 1 aliphatic rings. The molecule has 2 aromatic rings. The third kappa shape index (κ3) is 6.71. The zero-order valence-electron chi connectivity index (χ0n) is 15.7. The first-order valence-electron chi connectivity index (χ1n) is 8.94. The Balaban J connectivity index is 0.000000300. The minimum atomic E-state index is -1.26. The number of aliphatic carboxylic acids is 2. The standard InChI is InChI=1S/C16H20N4.C4H4O4/c1-17-15-7-10-18-16(19-15)20-11-8-14(9-12-20)13-5-3-2-4-6-13;5-3(6)1-2-4(7)8/h2-7,10,14H,8-9,11-12H2,1H3,(H,17,18,19);1-2H,(H,5,6)(H,7,8). The van der Waals surface area contributed by atoms with Gasteiger partial charge in [0, 0.05) is 38.5 Å². The first-order chi connectivity index (χ1) is 13.5. The molecule has 0 saturated carbocycles. The smallest absolute Gasteiger partial charge is 0.328 e. The van der Waals surface area contributed by atoms with E-state index in [2.05, 4.69) is 50.5 Å². The Labute approximate surface area is 163 Å². The van der Waals surface area contributed by atoms with Crippen LogP contribution in [0.2, 0.25) is 0 Å². The van der Waals surface area contributed by atoms with Crippen LogP contribution in [0.3, 0.4) is 0 Å². The largest absolute Gasteiger partial charge is 0.478 e. The van der Waals surface area contributed by atoms with Crippen molar-refractivity contribution in [1.82, 2.24) is 9.97 Å². The van der Waals surface area contributed by atoms with Crippen LogP contribution in [0, 0.1) is 0 Å². The lowest BCUT2D eigenvalue weighted by Crippen LogP contribution is -2.34. The molecule has 0 atom stereocenters. The van der Waals surface area contributed by atoms with Crippen LogP contribution in [0.5, 0.6) is 0 Å². The Morgan fingerprint density at radius 2 is 1.68 bits per heavy atom. The summed E-state index contributed by atoms with van der Waals surface area (Å²) in [6, 6.07) is 12.7. The lowest BCUT2D eigenvalue weighted by Gasteiger charge is -2.32. The highest BCUT2D eigenvalue weighted by Crippen LogP contribution is 2.29. The number of nitrogens with zero attached hydrogens (tertiary/aromatic N) is 3. The van der Waals surface area contributed by atoms with E-state index in [4.69, 9.17) is 10.2 Å². The molecule has 148 valence electrons. The molecule has 0 unspecified atom stereocenters. The van der Waals surface area contributed by atoms with Crippen LogP contribution in [-0.2, 0) is 9.59 Å². The van der Waals surface area contributed by atoms with E-state index in [0.717, 1.165) is 37.7 Å². The van der Waals surface area contributed by atoms with Crippen LogP contribution < -0.4 is 10.2 Å². The number of benzene rings is 1. The van der Waals surface area contributed by atoms with E-state index < -0.39 is 11.9 Å². The van der Waals surface area contributed by atoms with Crippen molar-refractivity contribution >= 4 is 23.7 Å². The van der Waals surface area contributed by atoms with Crippen molar-refractivity contribution < 1.29 is 19.8 Å². The molecule has 1 aromatic heterocycles. The second-order valence-corrected chi connectivity index (χ2v) is 6.17. The van der Waals surface area contributed by atoms with Gasteiger partial charge in [0.15, 0.2) is 0 Å². The molecular weight excluding hydrogens is 360 g/mol. The summed E-state index contributed by atoms with van der Waals surface area (Å²) in [5.74, 6) is -0.136. The maximum atomic E-state index is 9.55. The van der Waals surface area contributed by atoms with Crippen molar-refractivity contribution in [1.29, 1.82) is 0 Å². The number of carboxylic acids is 2. The van der Waals surface area contributed by atoms with Gasteiger partial charge in [-0.05, 0) is 30.4 Å². The predicted molar refractivity (Wildman–Crippen MR) is 107 cm³/mol. The quantitative estimate of drug-likeness (QED) is 0.674. The van der Waals surface area contributed by atoms with Crippen molar-refractivity contribution in [3.63, 3.8) is 0 Å². The summed E-state index contributed by atoms with van der Waals surface area (Å²) >= 11 is 0. The van der Waals surface area contributed by atoms with Gasteiger partial charge in [-0.2, -0.15) is 4.98 Å². The van der Waals surface area contributed by atoms with E-state index >= 15 is 0 Å². The zero-order chi connectivity index (χ0) is 20.4. The number of carbonyl (C=O) groups is 2. The third-order valence-corrected chi connectivity index (χ3v) is 4.32. The summed E-state index contributed by atoms with van der Waals surface area (Å²) in [5.41, 5.74) is 1.46. The molecule has 3 rings (SSSR count).